The van der Waals surface area contributed by atoms with Crippen LogP contribution in [-0.2, 0) is 0 Å². The largest absolute Gasteiger partial charge is 0.451 e. The molecule has 1 aliphatic rings. The van der Waals surface area contributed by atoms with E-state index < -0.39 is 0 Å². The topological polar surface area (TPSA) is 68.3 Å². The lowest BCUT2D eigenvalue weighted by Crippen LogP contribution is -2.40. The molecule has 1 fully saturated rings. The van der Waals surface area contributed by atoms with Gasteiger partial charge in [-0.15, -0.1) is 0 Å². The molecule has 0 radical (unpaired) electrons. The van der Waals surface area contributed by atoms with E-state index in [-0.39, 0.29) is 23.1 Å². The molecule has 1 atom stereocenters. The maximum Gasteiger partial charge on any atom is 0.289 e. The number of fused-ring (bicyclic) bond motifs is 1. The first-order chi connectivity index (χ1) is 11.7. The van der Waals surface area contributed by atoms with Crippen LogP contribution in [0.1, 0.15) is 29.4 Å². The standard InChI is InChI=1S/C18H17N3O3/c22-15-10-17(24-16-6-2-1-5-14(15)16)18(23)20-8-3-4-13(11-20)21-9-7-19-12-21/h1-2,5-7,9-10,12-13H,3-4,8,11H2. The number of amides is 1. The van der Waals surface area contributed by atoms with E-state index in [0.717, 1.165) is 12.8 Å². The summed E-state index contributed by atoms with van der Waals surface area (Å²) in [5, 5.41) is 0.490. The number of hydrogen-bond acceptors (Lipinski definition) is 4. The average molecular weight is 323 g/mol. The van der Waals surface area contributed by atoms with Gasteiger partial charge in [-0.25, -0.2) is 4.98 Å². The fourth-order valence-electron chi connectivity index (χ4n) is 3.23. The lowest BCUT2D eigenvalue weighted by Gasteiger charge is -2.33. The number of likely N-dealkylation sites (tertiary alicyclic amines) is 1. The van der Waals surface area contributed by atoms with Crippen LogP contribution in [0.4, 0.5) is 0 Å². The molecule has 24 heavy (non-hydrogen) atoms. The molecular weight excluding hydrogens is 306 g/mol. The van der Waals surface area contributed by atoms with E-state index in [0.29, 0.717) is 24.1 Å². The van der Waals surface area contributed by atoms with Gasteiger partial charge in [-0.2, -0.15) is 0 Å². The van der Waals surface area contributed by atoms with Crippen LogP contribution >= 0.6 is 0 Å². The Morgan fingerprint density at radius 3 is 3.00 bits per heavy atom. The second-order valence-corrected chi connectivity index (χ2v) is 6.03. The molecule has 6 nitrogen and oxygen atoms in total. The Hall–Kier alpha value is -2.89. The molecule has 1 aliphatic heterocycles. The summed E-state index contributed by atoms with van der Waals surface area (Å²) in [6, 6.07) is 8.48. The van der Waals surface area contributed by atoms with Gasteiger partial charge in [0.1, 0.15) is 5.58 Å². The highest BCUT2D eigenvalue weighted by molar-refractivity contribution is 5.93. The lowest BCUT2D eigenvalue weighted by atomic mass is 10.1. The van der Waals surface area contributed by atoms with Gasteiger partial charge in [0.15, 0.2) is 11.2 Å². The van der Waals surface area contributed by atoms with Crippen molar-refractivity contribution in [3.63, 3.8) is 0 Å². The molecular formula is C18H17N3O3. The van der Waals surface area contributed by atoms with Crippen LogP contribution in [0.5, 0.6) is 0 Å². The monoisotopic (exact) mass is 323 g/mol. The first-order valence-corrected chi connectivity index (χ1v) is 8.02. The Morgan fingerprint density at radius 2 is 2.17 bits per heavy atom. The van der Waals surface area contributed by atoms with Crippen LogP contribution in [0.3, 0.4) is 0 Å². The number of imidazole rings is 1. The van der Waals surface area contributed by atoms with Crippen molar-refractivity contribution in [3.05, 3.63) is 65.0 Å². The quantitative estimate of drug-likeness (QED) is 0.726. The summed E-state index contributed by atoms with van der Waals surface area (Å²) in [4.78, 5) is 30.8. The summed E-state index contributed by atoms with van der Waals surface area (Å²) >= 11 is 0. The predicted octanol–water partition coefficient (Wildman–Crippen LogP) is 2.47. The van der Waals surface area contributed by atoms with Crippen molar-refractivity contribution in [1.82, 2.24) is 14.5 Å². The third-order valence-corrected chi connectivity index (χ3v) is 4.48. The molecule has 0 saturated carbocycles. The van der Waals surface area contributed by atoms with E-state index in [1.807, 2.05) is 10.8 Å². The van der Waals surface area contributed by atoms with Crippen molar-refractivity contribution in [2.45, 2.75) is 18.9 Å². The van der Waals surface area contributed by atoms with Gasteiger partial charge in [0.2, 0.25) is 0 Å². The maximum atomic E-state index is 12.8. The van der Waals surface area contributed by atoms with Crippen molar-refractivity contribution in [1.29, 1.82) is 0 Å². The molecule has 1 unspecified atom stereocenters. The van der Waals surface area contributed by atoms with Gasteiger partial charge < -0.3 is 13.9 Å². The van der Waals surface area contributed by atoms with Crippen LogP contribution in [0.2, 0.25) is 0 Å². The molecule has 2 aromatic heterocycles. The molecule has 1 amide bonds. The Balaban J connectivity index is 1.62. The van der Waals surface area contributed by atoms with Crippen molar-refractivity contribution >= 4 is 16.9 Å². The number of benzene rings is 1. The van der Waals surface area contributed by atoms with Crippen molar-refractivity contribution in [3.8, 4) is 0 Å². The van der Waals surface area contributed by atoms with E-state index >= 15 is 0 Å². The summed E-state index contributed by atoms with van der Waals surface area (Å²) in [5.74, 6) is -0.132. The highest BCUT2D eigenvalue weighted by Gasteiger charge is 2.27. The number of rotatable bonds is 2. The second kappa shape index (κ2) is 5.96. The average Bonchev–Trinajstić information content (AvgIpc) is 3.16. The normalized spacial score (nSPS) is 18.0. The third kappa shape index (κ3) is 2.60. The molecule has 0 bridgehead atoms. The Kier molecular flexibility index (Phi) is 3.65. The van der Waals surface area contributed by atoms with Gasteiger partial charge in [0.25, 0.3) is 5.91 Å². The van der Waals surface area contributed by atoms with Crippen LogP contribution in [0.15, 0.2) is 58.3 Å². The molecule has 3 aromatic rings. The summed E-state index contributed by atoms with van der Waals surface area (Å²) in [6.45, 7) is 1.26. The molecule has 0 aliphatic carbocycles. The van der Waals surface area contributed by atoms with Gasteiger partial charge in [-0.05, 0) is 25.0 Å². The molecule has 6 heteroatoms. The van der Waals surface area contributed by atoms with Crippen molar-refractivity contribution in [2.24, 2.45) is 0 Å². The Morgan fingerprint density at radius 1 is 1.29 bits per heavy atom. The van der Waals surface area contributed by atoms with Gasteiger partial charge in [0.05, 0.1) is 17.8 Å². The van der Waals surface area contributed by atoms with Crippen molar-refractivity contribution in [2.75, 3.05) is 13.1 Å². The minimum atomic E-state index is -0.234. The van der Waals surface area contributed by atoms with E-state index in [9.17, 15) is 9.59 Å². The van der Waals surface area contributed by atoms with Crippen LogP contribution in [0, 0.1) is 0 Å². The Labute approximate surface area is 138 Å². The number of piperidine rings is 1. The van der Waals surface area contributed by atoms with E-state index in [2.05, 4.69) is 4.98 Å². The summed E-state index contributed by atoms with van der Waals surface area (Å²) in [7, 11) is 0. The van der Waals surface area contributed by atoms with Gasteiger partial charge in [0, 0.05) is 31.5 Å². The van der Waals surface area contributed by atoms with Crippen LogP contribution in [-0.4, -0.2) is 33.4 Å². The minimum Gasteiger partial charge on any atom is -0.451 e. The second-order valence-electron chi connectivity index (χ2n) is 6.03. The van der Waals surface area contributed by atoms with Gasteiger partial charge in [-0.1, -0.05) is 12.1 Å². The number of carbonyl (C=O) groups is 1. The summed E-state index contributed by atoms with van der Waals surface area (Å²) in [6.07, 6.45) is 7.33. The first kappa shape index (κ1) is 14.7. The third-order valence-electron chi connectivity index (χ3n) is 4.48. The first-order valence-electron chi connectivity index (χ1n) is 8.02. The minimum absolute atomic E-state index is 0.102. The smallest absolute Gasteiger partial charge is 0.289 e. The fourth-order valence-corrected chi connectivity index (χ4v) is 3.23. The SMILES string of the molecule is O=C(c1cc(=O)c2ccccc2o1)N1CCCC(n2ccnc2)C1. The predicted molar refractivity (Wildman–Crippen MR) is 88.9 cm³/mol. The van der Waals surface area contributed by atoms with Crippen LogP contribution in [0.25, 0.3) is 11.0 Å². The molecule has 0 N–H and O–H groups in total. The van der Waals surface area contributed by atoms with E-state index in [1.54, 1.807) is 41.7 Å². The number of para-hydroxylation sites is 1. The number of hydrogen-bond donors (Lipinski definition) is 0. The van der Waals surface area contributed by atoms with Gasteiger partial charge in [-0.3, -0.25) is 9.59 Å². The molecule has 0 spiro atoms. The van der Waals surface area contributed by atoms with Gasteiger partial charge >= 0.3 is 0 Å². The van der Waals surface area contributed by atoms with E-state index in [4.69, 9.17) is 4.42 Å². The molecule has 3 heterocycles. The summed E-state index contributed by atoms with van der Waals surface area (Å²) < 4.78 is 7.70. The zero-order chi connectivity index (χ0) is 16.5. The molecule has 1 saturated heterocycles. The number of aromatic nitrogens is 2. The number of nitrogens with zero attached hydrogens (tertiary/aromatic N) is 3. The number of carbonyl (C=O) groups excluding carboxylic acids is 1. The lowest BCUT2D eigenvalue weighted by molar-refractivity contribution is 0.0648. The van der Waals surface area contributed by atoms with Crippen LogP contribution < -0.4 is 5.43 Å². The highest BCUT2D eigenvalue weighted by Crippen LogP contribution is 2.23. The molecule has 122 valence electrons. The highest BCUT2D eigenvalue weighted by atomic mass is 16.3. The Bertz CT molecular complexity index is 930. The summed E-state index contributed by atoms with van der Waals surface area (Å²) in [5.41, 5.74) is 0.250. The van der Waals surface area contributed by atoms with Crippen molar-refractivity contribution < 1.29 is 9.21 Å². The molecule has 1 aromatic carbocycles. The fraction of sp³-hybridized carbons (Fsp3) is 0.278. The van der Waals surface area contributed by atoms with E-state index in [1.165, 1.54) is 6.07 Å². The molecule has 4 rings (SSSR count). The zero-order valence-electron chi connectivity index (χ0n) is 13.1. The zero-order valence-corrected chi connectivity index (χ0v) is 13.1. The maximum absolute atomic E-state index is 12.8.